The molecule has 0 aromatic carbocycles. The number of carboxylic acid groups (broad SMARTS) is 1. The van der Waals surface area contributed by atoms with Crippen molar-refractivity contribution in [3.8, 4) is 0 Å². The van der Waals surface area contributed by atoms with E-state index in [1.54, 1.807) is 0 Å². The molecular formula is C15H29NO2. The summed E-state index contributed by atoms with van der Waals surface area (Å²) in [7, 11) is 0. The van der Waals surface area contributed by atoms with E-state index in [1.165, 1.54) is 12.8 Å². The molecule has 0 aromatic rings. The molecule has 0 aromatic heterocycles. The molecule has 2 atom stereocenters. The van der Waals surface area contributed by atoms with Crippen LogP contribution in [0.1, 0.15) is 60.3 Å². The molecule has 0 radical (unpaired) electrons. The van der Waals surface area contributed by atoms with Gasteiger partial charge in [-0.25, -0.2) is 0 Å². The number of nitrogens with zero attached hydrogens (tertiary/aromatic N) is 1. The van der Waals surface area contributed by atoms with Crippen LogP contribution in [0.3, 0.4) is 0 Å². The van der Waals surface area contributed by atoms with Crippen molar-refractivity contribution in [1.82, 2.24) is 4.90 Å². The predicted molar refractivity (Wildman–Crippen MR) is 74.7 cm³/mol. The van der Waals surface area contributed by atoms with Crippen LogP contribution in [0.4, 0.5) is 0 Å². The number of hydrogen-bond donors (Lipinski definition) is 1. The summed E-state index contributed by atoms with van der Waals surface area (Å²) in [5.41, 5.74) is -0.0675. The highest BCUT2D eigenvalue weighted by atomic mass is 16.4. The third-order valence-electron chi connectivity index (χ3n) is 4.24. The highest BCUT2D eigenvalue weighted by Crippen LogP contribution is 2.34. The van der Waals surface area contributed by atoms with Crippen molar-refractivity contribution in [1.29, 1.82) is 0 Å². The van der Waals surface area contributed by atoms with Crippen LogP contribution in [0.15, 0.2) is 0 Å². The number of rotatable bonds is 4. The van der Waals surface area contributed by atoms with Crippen LogP contribution in [0.2, 0.25) is 0 Å². The van der Waals surface area contributed by atoms with Crippen molar-refractivity contribution in [3.63, 3.8) is 0 Å². The molecule has 0 heterocycles. The molecular weight excluding hydrogens is 226 g/mol. The molecule has 106 valence electrons. The van der Waals surface area contributed by atoms with E-state index in [0.717, 1.165) is 18.8 Å². The number of carbonyl (C=O) groups is 1. The van der Waals surface area contributed by atoms with Crippen LogP contribution in [-0.2, 0) is 4.79 Å². The van der Waals surface area contributed by atoms with Gasteiger partial charge in [0.1, 0.15) is 0 Å². The van der Waals surface area contributed by atoms with E-state index in [4.69, 9.17) is 5.11 Å². The van der Waals surface area contributed by atoms with Crippen molar-refractivity contribution in [2.45, 2.75) is 71.9 Å². The number of aliphatic carboxylic acids is 1. The first-order valence-electron chi connectivity index (χ1n) is 7.20. The van der Waals surface area contributed by atoms with E-state index in [0.29, 0.717) is 12.0 Å². The maximum atomic E-state index is 11.1. The summed E-state index contributed by atoms with van der Waals surface area (Å²) < 4.78 is 0. The van der Waals surface area contributed by atoms with Gasteiger partial charge in [0.2, 0.25) is 0 Å². The van der Waals surface area contributed by atoms with E-state index >= 15 is 0 Å². The summed E-state index contributed by atoms with van der Waals surface area (Å²) >= 11 is 0. The quantitative estimate of drug-likeness (QED) is 0.837. The molecule has 3 heteroatoms. The first kappa shape index (κ1) is 15.5. The SMILES string of the molecule is CC(C)C1CCCC(N(CC(=O)O)C(C)(C)C)C1. The van der Waals surface area contributed by atoms with Crippen molar-refractivity contribution >= 4 is 5.97 Å². The van der Waals surface area contributed by atoms with Gasteiger partial charge in [-0.15, -0.1) is 0 Å². The molecule has 1 aliphatic carbocycles. The van der Waals surface area contributed by atoms with E-state index in [-0.39, 0.29) is 12.1 Å². The zero-order chi connectivity index (χ0) is 13.9. The Morgan fingerprint density at radius 3 is 2.39 bits per heavy atom. The van der Waals surface area contributed by atoms with Gasteiger partial charge in [-0.05, 0) is 45.4 Å². The summed E-state index contributed by atoms with van der Waals surface area (Å²) in [6.45, 7) is 11.1. The smallest absolute Gasteiger partial charge is 0.317 e. The van der Waals surface area contributed by atoms with Crippen LogP contribution in [0.25, 0.3) is 0 Å². The molecule has 18 heavy (non-hydrogen) atoms. The average Bonchev–Trinajstić information content (AvgIpc) is 2.24. The fraction of sp³-hybridized carbons (Fsp3) is 0.933. The largest absolute Gasteiger partial charge is 0.480 e. The molecule has 0 saturated heterocycles. The lowest BCUT2D eigenvalue weighted by molar-refractivity contribution is -0.141. The van der Waals surface area contributed by atoms with Crippen molar-refractivity contribution in [2.24, 2.45) is 11.8 Å². The van der Waals surface area contributed by atoms with E-state index in [9.17, 15) is 4.79 Å². The lowest BCUT2D eigenvalue weighted by Gasteiger charge is -2.44. The molecule has 2 unspecified atom stereocenters. The van der Waals surface area contributed by atoms with Crippen LogP contribution < -0.4 is 0 Å². The van der Waals surface area contributed by atoms with E-state index in [1.807, 2.05) is 0 Å². The third kappa shape index (κ3) is 4.27. The van der Waals surface area contributed by atoms with Gasteiger partial charge in [-0.3, -0.25) is 9.69 Å². The maximum Gasteiger partial charge on any atom is 0.317 e. The van der Waals surface area contributed by atoms with Crippen LogP contribution in [0, 0.1) is 11.8 Å². The van der Waals surface area contributed by atoms with Gasteiger partial charge >= 0.3 is 5.97 Å². The first-order chi connectivity index (χ1) is 8.21. The van der Waals surface area contributed by atoms with Gasteiger partial charge in [-0.2, -0.15) is 0 Å². The minimum absolute atomic E-state index is 0.0675. The number of carboxylic acids is 1. The Morgan fingerprint density at radius 1 is 1.33 bits per heavy atom. The Labute approximate surface area is 112 Å². The summed E-state index contributed by atoms with van der Waals surface area (Å²) in [6, 6.07) is 0.433. The fourth-order valence-corrected chi connectivity index (χ4v) is 3.15. The Morgan fingerprint density at radius 2 is 1.94 bits per heavy atom. The second-order valence-corrected chi connectivity index (χ2v) is 7.02. The van der Waals surface area contributed by atoms with Crippen molar-refractivity contribution in [3.05, 3.63) is 0 Å². The van der Waals surface area contributed by atoms with Gasteiger partial charge in [0.05, 0.1) is 6.54 Å². The first-order valence-corrected chi connectivity index (χ1v) is 7.20. The predicted octanol–water partition coefficient (Wildman–Crippen LogP) is 3.39. The second-order valence-electron chi connectivity index (χ2n) is 7.02. The van der Waals surface area contributed by atoms with E-state index < -0.39 is 5.97 Å². The molecule has 0 bridgehead atoms. The molecule has 0 aliphatic heterocycles. The van der Waals surface area contributed by atoms with Crippen LogP contribution >= 0.6 is 0 Å². The monoisotopic (exact) mass is 255 g/mol. The Bertz CT molecular complexity index is 281. The molecule has 1 rings (SSSR count). The van der Waals surface area contributed by atoms with Gasteiger partial charge in [0, 0.05) is 11.6 Å². The lowest BCUT2D eigenvalue weighted by Crippen LogP contribution is -2.52. The highest BCUT2D eigenvalue weighted by Gasteiger charge is 2.34. The summed E-state index contributed by atoms with van der Waals surface area (Å²) in [5.74, 6) is 0.749. The Hall–Kier alpha value is -0.570. The second kappa shape index (κ2) is 6.05. The Kier molecular flexibility index (Phi) is 5.20. The average molecular weight is 255 g/mol. The number of hydrogen-bond acceptors (Lipinski definition) is 2. The minimum Gasteiger partial charge on any atom is -0.480 e. The van der Waals surface area contributed by atoms with E-state index in [2.05, 4.69) is 39.5 Å². The molecule has 3 nitrogen and oxygen atoms in total. The molecule has 1 N–H and O–H groups in total. The summed E-state index contributed by atoms with van der Waals surface area (Å²) in [4.78, 5) is 13.3. The topological polar surface area (TPSA) is 40.5 Å². The zero-order valence-electron chi connectivity index (χ0n) is 12.6. The van der Waals surface area contributed by atoms with Crippen LogP contribution in [0.5, 0.6) is 0 Å². The van der Waals surface area contributed by atoms with Crippen molar-refractivity contribution in [2.75, 3.05) is 6.54 Å². The summed E-state index contributed by atoms with van der Waals surface area (Å²) in [6.07, 6.45) is 4.84. The van der Waals surface area contributed by atoms with Gasteiger partial charge in [0.15, 0.2) is 0 Å². The standard InChI is InChI=1S/C15H29NO2/c1-11(2)12-7-6-8-13(9-12)16(10-14(17)18)15(3,4)5/h11-13H,6-10H2,1-5H3,(H,17,18). The molecule has 1 aliphatic rings. The van der Waals surface area contributed by atoms with Gasteiger partial charge in [-0.1, -0.05) is 26.7 Å². The summed E-state index contributed by atoms with van der Waals surface area (Å²) in [5, 5.41) is 9.11. The fourth-order valence-electron chi connectivity index (χ4n) is 3.15. The molecule has 1 saturated carbocycles. The van der Waals surface area contributed by atoms with Gasteiger partial charge in [0.25, 0.3) is 0 Å². The Balaban J connectivity index is 2.75. The maximum absolute atomic E-state index is 11.1. The van der Waals surface area contributed by atoms with Crippen molar-refractivity contribution < 1.29 is 9.90 Å². The van der Waals surface area contributed by atoms with Gasteiger partial charge < -0.3 is 5.11 Å². The third-order valence-corrected chi connectivity index (χ3v) is 4.24. The van der Waals surface area contributed by atoms with Crippen LogP contribution in [-0.4, -0.2) is 34.1 Å². The highest BCUT2D eigenvalue weighted by molar-refractivity contribution is 5.69. The molecule has 0 spiro atoms. The normalized spacial score (nSPS) is 25.7. The minimum atomic E-state index is -0.711. The zero-order valence-corrected chi connectivity index (χ0v) is 12.6. The molecule has 0 amide bonds. The lowest BCUT2D eigenvalue weighted by atomic mass is 9.78. The molecule has 1 fully saturated rings.